The number of benzene rings is 2. The van der Waals surface area contributed by atoms with Gasteiger partial charge in [-0.15, -0.1) is 35.3 Å². The largest absolute Gasteiger partial charge is 0.352 e. The van der Waals surface area contributed by atoms with Gasteiger partial charge < -0.3 is 10.6 Å². The van der Waals surface area contributed by atoms with Gasteiger partial charge in [-0.2, -0.15) is 0 Å². The lowest BCUT2D eigenvalue weighted by molar-refractivity contribution is 0.604. The van der Waals surface area contributed by atoms with Crippen LogP contribution in [0.15, 0.2) is 65.0 Å². The molecule has 1 aromatic heterocycles. The highest BCUT2D eigenvalue weighted by atomic mass is 127. The Morgan fingerprint density at radius 2 is 1.73 bits per heavy atom. The van der Waals surface area contributed by atoms with Crippen molar-refractivity contribution in [2.45, 2.75) is 13.1 Å². The van der Waals surface area contributed by atoms with E-state index in [-0.39, 0.29) is 29.8 Å². The number of hydrogen-bond acceptors (Lipinski definition) is 3. The molecule has 0 saturated carbocycles. The molecule has 3 aromatic rings. The van der Waals surface area contributed by atoms with E-state index in [9.17, 15) is 4.39 Å². The van der Waals surface area contributed by atoms with Crippen molar-refractivity contribution >= 4 is 41.3 Å². The molecule has 0 saturated heterocycles. The number of halogens is 2. The Balaban J connectivity index is 0.00000243. The van der Waals surface area contributed by atoms with Crippen LogP contribution < -0.4 is 10.6 Å². The van der Waals surface area contributed by atoms with Crippen molar-refractivity contribution in [1.82, 2.24) is 15.6 Å². The van der Waals surface area contributed by atoms with Crippen molar-refractivity contribution in [3.63, 3.8) is 0 Å². The first kappa shape index (κ1) is 20.3. The van der Waals surface area contributed by atoms with Crippen molar-refractivity contribution in [3.05, 3.63) is 76.4 Å². The summed E-state index contributed by atoms with van der Waals surface area (Å²) in [7, 11) is 1.69. The summed E-state index contributed by atoms with van der Waals surface area (Å²) >= 11 is 1.60. The van der Waals surface area contributed by atoms with E-state index < -0.39 is 0 Å². The highest BCUT2D eigenvalue weighted by molar-refractivity contribution is 14.0. The lowest BCUT2D eigenvalue weighted by atomic mass is 10.2. The van der Waals surface area contributed by atoms with Crippen molar-refractivity contribution in [2.75, 3.05) is 7.05 Å². The maximum absolute atomic E-state index is 13.7. The minimum Gasteiger partial charge on any atom is -0.352 e. The monoisotopic (exact) mass is 482 g/mol. The maximum Gasteiger partial charge on any atom is 0.191 e. The molecule has 1 heterocycles. The average molecular weight is 482 g/mol. The number of rotatable bonds is 5. The zero-order chi connectivity index (χ0) is 17.5. The minimum atomic E-state index is -0.224. The normalized spacial score (nSPS) is 10.9. The van der Waals surface area contributed by atoms with E-state index in [0.29, 0.717) is 24.6 Å². The van der Waals surface area contributed by atoms with Gasteiger partial charge in [0.2, 0.25) is 0 Å². The first-order valence-corrected chi connectivity index (χ1v) is 8.82. The first-order chi connectivity index (χ1) is 12.3. The Bertz CT molecular complexity index is 852. The highest BCUT2D eigenvalue weighted by Crippen LogP contribution is 2.21. The molecule has 136 valence electrons. The zero-order valence-corrected chi connectivity index (χ0v) is 17.4. The Hall–Kier alpha value is -2.00. The van der Waals surface area contributed by atoms with E-state index in [4.69, 9.17) is 0 Å². The van der Waals surface area contributed by atoms with Crippen LogP contribution in [0.3, 0.4) is 0 Å². The van der Waals surface area contributed by atoms with E-state index in [0.717, 1.165) is 16.3 Å². The second-order valence-corrected chi connectivity index (χ2v) is 6.31. The Morgan fingerprint density at radius 1 is 1.04 bits per heavy atom. The fourth-order valence-corrected chi connectivity index (χ4v) is 3.08. The summed E-state index contributed by atoms with van der Waals surface area (Å²) in [6.07, 6.45) is 0. The molecule has 0 aliphatic heterocycles. The average Bonchev–Trinajstić information content (AvgIpc) is 3.13. The summed E-state index contributed by atoms with van der Waals surface area (Å²) in [6, 6.07) is 16.8. The standard InChI is InChI=1S/C19H19FN4S.HI/c1-21-19(22-11-15-9-5-6-10-16(15)20)23-12-18-24-17(13-25-18)14-7-3-2-4-8-14;/h2-10,13H,11-12H2,1H3,(H2,21,22,23);1H. The predicted octanol–water partition coefficient (Wildman–Crippen LogP) is 4.43. The van der Waals surface area contributed by atoms with Crippen LogP contribution in [0.5, 0.6) is 0 Å². The fourth-order valence-electron chi connectivity index (χ4n) is 2.33. The molecule has 0 aliphatic rings. The van der Waals surface area contributed by atoms with E-state index in [1.807, 2.05) is 41.8 Å². The van der Waals surface area contributed by atoms with Crippen molar-refractivity contribution < 1.29 is 4.39 Å². The topological polar surface area (TPSA) is 49.3 Å². The lowest BCUT2D eigenvalue weighted by Crippen LogP contribution is -2.36. The third-order valence-corrected chi connectivity index (χ3v) is 4.50. The van der Waals surface area contributed by atoms with Crippen molar-refractivity contribution in [3.8, 4) is 11.3 Å². The van der Waals surface area contributed by atoms with Crippen LogP contribution in [-0.4, -0.2) is 18.0 Å². The quantitative estimate of drug-likeness (QED) is 0.322. The summed E-state index contributed by atoms with van der Waals surface area (Å²) in [5.74, 6) is 0.387. The Kier molecular flexibility index (Phi) is 7.99. The predicted molar refractivity (Wildman–Crippen MR) is 116 cm³/mol. The van der Waals surface area contributed by atoms with Gasteiger partial charge in [0.05, 0.1) is 12.2 Å². The summed E-state index contributed by atoms with van der Waals surface area (Å²) in [5.41, 5.74) is 2.68. The number of aromatic nitrogens is 1. The van der Waals surface area contributed by atoms with Crippen LogP contribution in [0.25, 0.3) is 11.3 Å². The molecular weight excluding hydrogens is 462 g/mol. The smallest absolute Gasteiger partial charge is 0.191 e. The summed E-state index contributed by atoms with van der Waals surface area (Å²) in [6.45, 7) is 0.938. The number of guanidine groups is 1. The van der Waals surface area contributed by atoms with E-state index in [2.05, 4.69) is 20.6 Å². The molecular formula is C19H20FIN4S. The summed E-state index contributed by atoms with van der Waals surface area (Å²) < 4.78 is 13.7. The Morgan fingerprint density at radius 3 is 2.46 bits per heavy atom. The van der Waals surface area contributed by atoms with Crippen molar-refractivity contribution in [1.29, 1.82) is 0 Å². The summed E-state index contributed by atoms with van der Waals surface area (Å²) in [5, 5.41) is 9.32. The van der Waals surface area contributed by atoms with Gasteiger partial charge in [0.1, 0.15) is 10.8 Å². The molecule has 0 radical (unpaired) electrons. The number of hydrogen-bond donors (Lipinski definition) is 2. The van der Waals surface area contributed by atoms with Crippen LogP contribution in [0.1, 0.15) is 10.6 Å². The number of nitrogens with one attached hydrogen (secondary N) is 2. The number of aliphatic imine (C=N–C) groups is 1. The van der Waals surface area contributed by atoms with E-state index >= 15 is 0 Å². The molecule has 0 unspecified atom stereocenters. The third-order valence-electron chi connectivity index (χ3n) is 3.66. The molecule has 0 spiro atoms. The summed E-state index contributed by atoms with van der Waals surface area (Å²) in [4.78, 5) is 8.79. The molecule has 4 nitrogen and oxygen atoms in total. The van der Waals surface area contributed by atoms with Gasteiger partial charge in [0.25, 0.3) is 0 Å². The molecule has 3 rings (SSSR count). The molecule has 7 heteroatoms. The van der Waals surface area contributed by atoms with Crippen LogP contribution in [0.2, 0.25) is 0 Å². The minimum absolute atomic E-state index is 0. The van der Waals surface area contributed by atoms with E-state index in [1.54, 1.807) is 30.5 Å². The maximum atomic E-state index is 13.7. The van der Waals surface area contributed by atoms with Gasteiger partial charge in [-0.1, -0.05) is 48.5 Å². The van der Waals surface area contributed by atoms with E-state index in [1.165, 1.54) is 6.07 Å². The lowest BCUT2D eigenvalue weighted by Gasteiger charge is -2.11. The fraction of sp³-hybridized carbons (Fsp3) is 0.158. The molecule has 0 fully saturated rings. The van der Waals surface area contributed by atoms with Crippen LogP contribution in [-0.2, 0) is 13.1 Å². The van der Waals surface area contributed by atoms with Gasteiger partial charge >= 0.3 is 0 Å². The first-order valence-electron chi connectivity index (χ1n) is 7.94. The van der Waals surface area contributed by atoms with Gasteiger partial charge in [-0.3, -0.25) is 4.99 Å². The van der Waals surface area contributed by atoms with Gasteiger partial charge in [0.15, 0.2) is 5.96 Å². The highest BCUT2D eigenvalue weighted by Gasteiger charge is 2.06. The number of nitrogens with zero attached hydrogens (tertiary/aromatic N) is 2. The Labute approximate surface area is 173 Å². The van der Waals surface area contributed by atoms with Gasteiger partial charge in [-0.25, -0.2) is 9.37 Å². The molecule has 2 N–H and O–H groups in total. The molecule has 2 aromatic carbocycles. The van der Waals surface area contributed by atoms with Gasteiger partial charge in [0, 0.05) is 30.1 Å². The van der Waals surface area contributed by atoms with Crippen LogP contribution in [0.4, 0.5) is 4.39 Å². The van der Waals surface area contributed by atoms with Crippen LogP contribution in [0, 0.1) is 5.82 Å². The van der Waals surface area contributed by atoms with Crippen LogP contribution >= 0.6 is 35.3 Å². The molecule has 0 aliphatic carbocycles. The second-order valence-electron chi connectivity index (χ2n) is 5.36. The molecule has 0 amide bonds. The van der Waals surface area contributed by atoms with Gasteiger partial charge in [-0.05, 0) is 6.07 Å². The zero-order valence-electron chi connectivity index (χ0n) is 14.3. The molecule has 26 heavy (non-hydrogen) atoms. The van der Waals surface area contributed by atoms with Crippen molar-refractivity contribution in [2.24, 2.45) is 4.99 Å². The number of thiazole rings is 1. The SMILES string of the molecule is CN=C(NCc1nc(-c2ccccc2)cs1)NCc1ccccc1F.I. The molecule has 0 bridgehead atoms. The molecule has 0 atom stereocenters. The second kappa shape index (κ2) is 10.2. The third kappa shape index (κ3) is 5.50.